The van der Waals surface area contributed by atoms with Gasteiger partial charge >= 0.3 is 11.9 Å². The minimum absolute atomic E-state index is 0.0189. The highest BCUT2D eigenvalue weighted by Crippen LogP contribution is 2.09. The number of carboxylic acid groups (broad SMARTS) is 1. The van der Waals surface area contributed by atoms with Gasteiger partial charge in [0.2, 0.25) is 0 Å². The van der Waals surface area contributed by atoms with Crippen molar-refractivity contribution < 1.29 is 34.8 Å². The fourth-order valence-electron chi connectivity index (χ4n) is 1.51. The van der Waals surface area contributed by atoms with Crippen molar-refractivity contribution in [2.45, 2.75) is 57.3 Å². The van der Waals surface area contributed by atoms with Gasteiger partial charge in [-0.05, 0) is 32.1 Å². The number of aliphatic hydroxyl groups excluding tert-OH is 2. The molecule has 0 aliphatic heterocycles. The van der Waals surface area contributed by atoms with E-state index >= 15 is 0 Å². The van der Waals surface area contributed by atoms with E-state index in [1.54, 1.807) is 0 Å². The molecule has 7 heteroatoms. The van der Waals surface area contributed by atoms with Crippen molar-refractivity contribution >= 4 is 11.9 Å². The van der Waals surface area contributed by atoms with Gasteiger partial charge < -0.3 is 25.2 Å². The van der Waals surface area contributed by atoms with Crippen molar-refractivity contribution in [3.8, 4) is 0 Å². The maximum atomic E-state index is 11.4. The Balaban J connectivity index is 3.71. The molecule has 0 aliphatic rings. The van der Waals surface area contributed by atoms with Crippen LogP contribution in [0.5, 0.6) is 0 Å². The van der Waals surface area contributed by atoms with E-state index in [4.69, 9.17) is 25.2 Å². The Bertz CT molecular complexity index is 265. The van der Waals surface area contributed by atoms with Crippen molar-refractivity contribution in [2.75, 3.05) is 6.61 Å². The van der Waals surface area contributed by atoms with Crippen molar-refractivity contribution in [1.82, 2.24) is 0 Å². The maximum Gasteiger partial charge on any atom is 0.306 e. The standard InChI is InChI=1S/C12H22O7/c13-8-9(4-3-6-11(16)17)19-12(18)7-2-1-5-10(14)15/h9,11,13,16-17H,1-8H2,(H,14,15). The molecule has 0 bridgehead atoms. The number of hydrogen-bond donors (Lipinski definition) is 4. The highest BCUT2D eigenvalue weighted by molar-refractivity contribution is 5.70. The first-order chi connectivity index (χ1) is 8.95. The summed E-state index contributed by atoms with van der Waals surface area (Å²) in [7, 11) is 0. The van der Waals surface area contributed by atoms with Gasteiger partial charge in [-0.15, -0.1) is 0 Å². The van der Waals surface area contributed by atoms with E-state index in [2.05, 4.69) is 0 Å². The molecule has 0 aliphatic carbocycles. The summed E-state index contributed by atoms with van der Waals surface area (Å²) in [5.41, 5.74) is 0. The molecule has 0 heterocycles. The van der Waals surface area contributed by atoms with Crippen molar-refractivity contribution in [1.29, 1.82) is 0 Å². The second-order valence-electron chi connectivity index (χ2n) is 4.31. The average Bonchev–Trinajstić information content (AvgIpc) is 2.32. The summed E-state index contributed by atoms with van der Waals surface area (Å²) in [5.74, 6) is -1.38. The van der Waals surface area contributed by atoms with Crippen LogP contribution >= 0.6 is 0 Å². The molecule has 0 saturated heterocycles. The Morgan fingerprint density at radius 3 is 2.16 bits per heavy atom. The van der Waals surface area contributed by atoms with Crippen LogP contribution in [-0.4, -0.2) is 51.4 Å². The number of carbonyl (C=O) groups excluding carboxylic acids is 1. The van der Waals surface area contributed by atoms with Crippen molar-refractivity contribution in [3.05, 3.63) is 0 Å². The van der Waals surface area contributed by atoms with Crippen LogP contribution in [0.25, 0.3) is 0 Å². The van der Waals surface area contributed by atoms with Gasteiger partial charge in [-0.25, -0.2) is 0 Å². The summed E-state index contributed by atoms with van der Waals surface area (Å²) in [6, 6.07) is 0. The van der Waals surface area contributed by atoms with Crippen LogP contribution in [0.2, 0.25) is 0 Å². The minimum Gasteiger partial charge on any atom is -0.481 e. The molecule has 0 fully saturated rings. The highest BCUT2D eigenvalue weighted by Gasteiger charge is 2.14. The highest BCUT2D eigenvalue weighted by atomic mass is 16.6. The lowest BCUT2D eigenvalue weighted by Crippen LogP contribution is -2.22. The van der Waals surface area contributed by atoms with Gasteiger partial charge in [-0.2, -0.15) is 0 Å². The molecule has 4 N–H and O–H groups in total. The first kappa shape index (κ1) is 17.8. The number of esters is 1. The minimum atomic E-state index is -1.40. The fraction of sp³-hybridized carbons (Fsp3) is 0.833. The molecule has 1 atom stereocenters. The maximum absolute atomic E-state index is 11.4. The van der Waals surface area contributed by atoms with Gasteiger partial charge in [-0.3, -0.25) is 9.59 Å². The van der Waals surface area contributed by atoms with Crippen LogP contribution < -0.4 is 0 Å². The number of carboxylic acids is 1. The number of ether oxygens (including phenoxy) is 1. The van der Waals surface area contributed by atoms with Crippen molar-refractivity contribution in [3.63, 3.8) is 0 Å². The Morgan fingerprint density at radius 2 is 1.63 bits per heavy atom. The molecular weight excluding hydrogens is 256 g/mol. The largest absolute Gasteiger partial charge is 0.481 e. The second-order valence-corrected chi connectivity index (χ2v) is 4.31. The lowest BCUT2D eigenvalue weighted by Gasteiger charge is -2.15. The molecule has 0 radical (unpaired) electrons. The monoisotopic (exact) mass is 278 g/mol. The van der Waals surface area contributed by atoms with E-state index in [1.807, 2.05) is 0 Å². The molecule has 0 saturated carbocycles. The lowest BCUT2D eigenvalue weighted by atomic mass is 10.1. The summed E-state index contributed by atoms with van der Waals surface area (Å²) < 4.78 is 4.99. The predicted octanol–water partition coefficient (Wildman–Crippen LogP) is 0.0165. The van der Waals surface area contributed by atoms with E-state index in [-0.39, 0.29) is 25.9 Å². The Morgan fingerprint density at radius 1 is 1.00 bits per heavy atom. The van der Waals surface area contributed by atoms with E-state index in [9.17, 15) is 9.59 Å². The molecule has 112 valence electrons. The molecule has 0 rings (SSSR count). The van der Waals surface area contributed by atoms with E-state index in [0.29, 0.717) is 25.7 Å². The molecule has 0 aromatic carbocycles. The molecule has 7 nitrogen and oxygen atoms in total. The lowest BCUT2D eigenvalue weighted by molar-refractivity contribution is -0.152. The molecule has 0 amide bonds. The topological polar surface area (TPSA) is 124 Å². The van der Waals surface area contributed by atoms with Crippen LogP contribution in [0.3, 0.4) is 0 Å². The average molecular weight is 278 g/mol. The van der Waals surface area contributed by atoms with Crippen LogP contribution in [0.4, 0.5) is 0 Å². The second kappa shape index (κ2) is 10.7. The zero-order valence-corrected chi connectivity index (χ0v) is 10.8. The van der Waals surface area contributed by atoms with Gasteiger partial charge in [0.25, 0.3) is 0 Å². The number of unbranched alkanes of at least 4 members (excludes halogenated alkanes) is 1. The van der Waals surface area contributed by atoms with Crippen LogP contribution in [-0.2, 0) is 14.3 Å². The summed E-state index contributed by atoms with van der Waals surface area (Å²) in [5, 5.41) is 34.7. The van der Waals surface area contributed by atoms with Gasteiger partial charge in [0.1, 0.15) is 6.10 Å². The molecule has 1 unspecified atom stereocenters. The third-order valence-corrected chi connectivity index (χ3v) is 2.51. The Labute approximate surface area is 111 Å². The van der Waals surface area contributed by atoms with Crippen LogP contribution in [0, 0.1) is 0 Å². The van der Waals surface area contributed by atoms with E-state index in [0.717, 1.165) is 0 Å². The normalized spacial score (nSPS) is 12.4. The van der Waals surface area contributed by atoms with Crippen LogP contribution in [0.15, 0.2) is 0 Å². The van der Waals surface area contributed by atoms with E-state index in [1.165, 1.54) is 0 Å². The smallest absolute Gasteiger partial charge is 0.306 e. The summed E-state index contributed by atoms with van der Waals surface area (Å²) in [4.78, 5) is 21.6. The van der Waals surface area contributed by atoms with Crippen molar-refractivity contribution in [2.24, 2.45) is 0 Å². The summed E-state index contributed by atoms with van der Waals surface area (Å²) >= 11 is 0. The van der Waals surface area contributed by atoms with Gasteiger partial charge in [0.05, 0.1) is 6.61 Å². The Hall–Kier alpha value is -1.18. The summed E-state index contributed by atoms with van der Waals surface area (Å²) in [6.07, 6.45) is -0.130. The quantitative estimate of drug-likeness (QED) is 0.238. The predicted molar refractivity (Wildman–Crippen MR) is 65.1 cm³/mol. The molecule has 19 heavy (non-hydrogen) atoms. The van der Waals surface area contributed by atoms with Crippen LogP contribution in [0.1, 0.15) is 44.9 Å². The number of aliphatic hydroxyl groups is 3. The fourth-order valence-corrected chi connectivity index (χ4v) is 1.51. The summed E-state index contributed by atoms with van der Waals surface area (Å²) in [6.45, 7) is -0.317. The zero-order valence-electron chi connectivity index (χ0n) is 10.8. The molecule has 0 aromatic heterocycles. The first-order valence-electron chi connectivity index (χ1n) is 6.34. The van der Waals surface area contributed by atoms with Gasteiger partial charge in [0.15, 0.2) is 6.29 Å². The first-order valence-corrected chi connectivity index (χ1v) is 6.34. The third-order valence-electron chi connectivity index (χ3n) is 2.51. The third kappa shape index (κ3) is 11.6. The number of carbonyl (C=O) groups is 2. The molecular formula is C12H22O7. The van der Waals surface area contributed by atoms with E-state index < -0.39 is 24.3 Å². The Kier molecular flexibility index (Phi) is 10.1. The zero-order chi connectivity index (χ0) is 14.7. The van der Waals surface area contributed by atoms with Gasteiger partial charge in [0, 0.05) is 12.8 Å². The number of hydrogen-bond acceptors (Lipinski definition) is 6. The molecule has 0 aromatic rings. The van der Waals surface area contributed by atoms with Gasteiger partial charge in [-0.1, -0.05) is 0 Å². The number of aliphatic carboxylic acids is 1. The molecule has 0 spiro atoms. The SMILES string of the molecule is O=C(O)CCCCC(=O)OC(CO)CCCC(O)O. The number of rotatable bonds is 11.